The predicted molar refractivity (Wildman–Crippen MR) is 49.1 cm³/mol. The van der Waals surface area contributed by atoms with Crippen molar-refractivity contribution >= 4 is 24.6 Å². The maximum Gasteiger partial charge on any atom is 0.694 e. The van der Waals surface area contributed by atoms with E-state index in [1.165, 1.54) is 0 Å². The van der Waals surface area contributed by atoms with Gasteiger partial charge < -0.3 is 10.8 Å². The lowest BCUT2D eigenvalue weighted by molar-refractivity contribution is 0.201. The quantitative estimate of drug-likeness (QED) is 0.363. The SMILES string of the molecule is NCCO[P+](=O)O.NS(=O)(=O)NC(=O)O. The summed E-state index contributed by atoms with van der Waals surface area (Å²) in [5.74, 6) is 0. The highest BCUT2D eigenvalue weighted by molar-refractivity contribution is 7.87. The average molecular weight is 264 g/mol. The molecule has 90 valence electrons. The summed E-state index contributed by atoms with van der Waals surface area (Å²) in [4.78, 5) is 17.4. The van der Waals surface area contributed by atoms with Gasteiger partial charge in [0.25, 0.3) is 0 Å². The third-order valence-electron chi connectivity index (χ3n) is 0.549. The van der Waals surface area contributed by atoms with Crippen molar-refractivity contribution in [1.82, 2.24) is 4.72 Å². The number of rotatable bonds is 4. The number of hydrogen-bond acceptors (Lipinski definition) is 6. The van der Waals surface area contributed by atoms with Crippen LogP contribution in [-0.4, -0.2) is 37.7 Å². The Kier molecular flexibility index (Phi) is 9.36. The van der Waals surface area contributed by atoms with Crippen LogP contribution in [0.5, 0.6) is 0 Å². The third kappa shape index (κ3) is 24.6. The van der Waals surface area contributed by atoms with E-state index in [1.807, 2.05) is 0 Å². The highest BCUT2D eigenvalue weighted by Gasteiger charge is 2.08. The molecule has 0 radical (unpaired) electrons. The first-order valence-electron chi connectivity index (χ1n) is 3.21. The topological polar surface area (TPSA) is 182 Å². The van der Waals surface area contributed by atoms with Crippen molar-refractivity contribution in [2.45, 2.75) is 0 Å². The second kappa shape index (κ2) is 8.47. The minimum atomic E-state index is -4.07. The second-order valence-corrected chi connectivity index (χ2v) is 3.84. The Morgan fingerprint density at radius 2 is 2.00 bits per heavy atom. The van der Waals surface area contributed by atoms with Gasteiger partial charge in [-0.1, -0.05) is 0 Å². The summed E-state index contributed by atoms with van der Waals surface area (Å²) < 4.78 is 34.3. The molecule has 15 heavy (non-hydrogen) atoms. The molecule has 0 spiro atoms. The number of amides is 1. The normalized spacial score (nSPS) is 11.0. The molecule has 0 aliphatic heterocycles. The van der Waals surface area contributed by atoms with Gasteiger partial charge in [0.2, 0.25) is 0 Å². The van der Waals surface area contributed by atoms with E-state index in [0.717, 1.165) is 4.72 Å². The van der Waals surface area contributed by atoms with Crippen molar-refractivity contribution in [1.29, 1.82) is 0 Å². The molecule has 0 bridgehead atoms. The van der Waals surface area contributed by atoms with Crippen LogP contribution in [0.3, 0.4) is 0 Å². The van der Waals surface area contributed by atoms with Crippen LogP contribution in [0.15, 0.2) is 0 Å². The van der Waals surface area contributed by atoms with E-state index >= 15 is 0 Å². The fourth-order valence-corrected chi connectivity index (χ4v) is 0.757. The lowest BCUT2D eigenvalue weighted by Crippen LogP contribution is -2.34. The van der Waals surface area contributed by atoms with E-state index in [4.69, 9.17) is 15.7 Å². The number of nitrogens with one attached hydrogen (secondary N) is 1. The molecule has 0 rings (SSSR count). The maximum absolute atomic E-state index is 9.73. The first-order chi connectivity index (χ1) is 6.69. The van der Waals surface area contributed by atoms with Crippen molar-refractivity contribution in [3.63, 3.8) is 0 Å². The van der Waals surface area contributed by atoms with E-state index in [2.05, 4.69) is 9.66 Å². The van der Waals surface area contributed by atoms with Crippen molar-refractivity contribution in [3.05, 3.63) is 0 Å². The molecule has 1 atom stereocenters. The molecule has 1 amide bonds. The Balaban J connectivity index is 0. The van der Waals surface area contributed by atoms with Gasteiger partial charge in [-0.3, -0.25) is 0 Å². The van der Waals surface area contributed by atoms with E-state index < -0.39 is 24.6 Å². The molecule has 10 nitrogen and oxygen atoms in total. The Labute approximate surface area is 86.3 Å². The van der Waals surface area contributed by atoms with Gasteiger partial charge in [0, 0.05) is 11.1 Å². The summed E-state index contributed by atoms with van der Waals surface area (Å²) >= 11 is 0. The molecule has 0 aromatic carbocycles. The molecular formula is C3H11N3O7PS+. The molecule has 0 fully saturated rings. The molecule has 0 aromatic rings. The first kappa shape index (κ1) is 16.6. The van der Waals surface area contributed by atoms with Gasteiger partial charge in [0.1, 0.15) is 6.61 Å². The third-order valence-corrected chi connectivity index (χ3v) is 1.41. The molecule has 0 aromatic heterocycles. The molecule has 0 heterocycles. The fraction of sp³-hybridized carbons (Fsp3) is 0.667. The Bertz CT molecular complexity index is 303. The van der Waals surface area contributed by atoms with Crippen LogP contribution in [0.2, 0.25) is 0 Å². The smallest absolute Gasteiger partial charge is 0.464 e. The summed E-state index contributed by atoms with van der Waals surface area (Å²) in [6.07, 6.45) is -1.69. The van der Waals surface area contributed by atoms with E-state index in [0.29, 0.717) is 0 Å². The monoisotopic (exact) mass is 264 g/mol. The van der Waals surface area contributed by atoms with Crippen LogP contribution in [0.25, 0.3) is 0 Å². The summed E-state index contributed by atoms with van der Waals surface area (Å²) in [6, 6.07) is 0. The Morgan fingerprint density at radius 3 is 2.07 bits per heavy atom. The van der Waals surface area contributed by atoms with Gasteiger partial charge in [-0.2, -0.15) is 8.42 Å². The Morgan fingerprint density at radius 1 is 1.53 bits per heavy atom. The lowest BCUT2D eigenvalue weighted by atomic mass is 10.8. The van der Waals surface area contributed by atoms with Crippen molar-refractivity contribution in [3.8, 4) is 0 Å². The lowest BCUT2D eigenvalue weighted by Gasteiger charge is -1.91. The summed E-state index contributed by atoms with van der Waals surface area (Å²) in [7, 11) is -6.51. The van der Waals surface area contributed by atoms with Crippen molar-refractivity contribution < 1.29 is 32.3 Å². The second-order valence-electron chi connectivity index (χ2n) is 1.81. The van der Waals surface area contributed by atoms with Crippen LogP contribution in [0.1, 0.15) is 0 Å². The van der Waals surface area contributed by atoms with Gasteiger partial charge in [-0.05, 0) is 0 Å². The van der Waals surface area contributed by atoms with Gasteiger partial charge in [-0.25, -0.2) is 14.7 Å². The minimum Gasteiger partial charge on any atom is -0.464 e. The maximum atomic E-state index is 9.73. The van der Waals surface area contributed by atoms with E-state index in [1.54, 1.807) is 0 Å². The predicted octanol–water partition coefficient (Wildman–Crippen LogP) is -1.93. The molecular weight excluding hydrogens is 253 g/mol. The van der Waals surface area contributed by atoms with Gasteiger partial charge in [0.05, 0.1) is 0 Å². The molecule has 7 N–H and O–H groups in total. The number of carbonyl (C=O) groups is 1. The van der Waals surface area contributed by atoms with Crippen LogP contribution < -0.4 is 15.6 Å². The van der Waals surface area contributed by atoms with Crippen LogP contribution in [0.4, 0.5) is 4.79 Å². The van der Waals surface area contributed by atoms with Crippen LogP contribution in [0, 0.1) is 0 Å². The molecule has 1 unspecified atom stereocenters. The molecule has 0 aliphatic carbocycles. The summed E-state index contributed by atoms with van der Waals surface area (Å²) in [5.41, 5.74) is 4.91. The highest BCUT2D eigenvalue weighted by atomic mass is 32.2. The average Bonchev–Trinajstić information content (AvgIpc) is 1.96. The number of carboxylic acid groups (broad SMARTS) is 1. The van der Waals surface area contributed by atoms with E-state index in [-0.39, 0.29) is 13.2 Å². The number of hydrogen-bond donors (Lipinski definition) is 5. The Hall–Kier alpha value is -0.840. The number of nitrogens with two attached hydrogens (primary N) is 2. The zero-order valence-electron chi connectivity index (χ0n) is 7.36. The summed E-state index contributed by atoms with van der Waals surface area (Å²) in [6.45, 7) is 0.424. The zero-order valence-corrected chi connectivity index (χ0v) is 9.07. The fourth-order valence-electron chi connectivity index (χ4n) is 0.252. The largest absolute Gasteiger partial charge is 0.694 e. The van der Waals surface area contributed by atoms with Gasteiger partial charge in [0.15, 0.2) is 0 Å². The van der Waals surface area contributed by atoms with Crippen LogP contribution >= 0.6 is 8.25 Å². The minimum absolute atomic E-state index is 0.145. The van der Waals surface area contributed by atoms with Gasteiger partial charge in [-0.15, -0.1) is 9.42 Å². The molecule has 0 saturated carbocycles. The first-order valence-corrected chi connectivity index (χ1v) is 5.89. The standard InChI is InChI=1S/C2H6NO3P.CH4N2O4S/c3-1-2-6-7(4)5;2-8(6,7)3-1(4)5/h1-3H2;3H,(H,4,5)(H2,2,6,7)/p+1. The van der Waals surface area contributed by atoms with E-state index in [9.17, 15) is 17.8 Å². The highest BCUT2D eigenvalue weighted by Crippen LogP contribution is 2.12. The zero-order chi connectivity index (χ0) is 12.5. The van der Waals surface area contributed by atoms with Crippen LogP contribution in [-0.2, 0) is 19.3 Å². The molecule has 12 heteroatoms. The molecule has 0 aliphatic rings. The summed E-state index contributed by atoms with van der Waals surface area (Å²) in [5, 5.41) is 11.9. The van der Waals surface area contributed by atoms with Crippen molar-refractivity contribution in [2.75, 3.05) is 13.2 Å². The van der Waals surface area contributed by atoms with Crippen molar-refractivity contribution in [2.24, 2.45) is 10.9 Å². The van der Waals surface area contributed by atoms with Gasteiger partial charge >= 0.3 is 24.6 Å². The molecule has 0 saturated heterocycles.